The third-order valence-electron chi connectivity index (χ3n) is 2.67. The summed E-state index contributed by atoms with van der Waals surface area (Å²) in [5.74, 6) is -0.816. The number of nitrogens with zero attached hydrogens (tertiary/aromatic N) is 1. The number of benzene rings is 1. The Hall–Kier alpha value is -1.39. The van der Waals surface area contributed by atoms with Crippen molar-refractivity contribution in [2.24, 2.45) is 0 Å². The SMILES string of the molecule is CCCc1nc(-c2ccc(Cl)cc2)sc1CC(=O)O. The maximum atomic E-state index is 10.9. The van der Waals surface area contributed by atoms with E-state index in [0.717, 1.165) is 34.0 Å². The minimum Gasteiger partial charge on any atom is -0.481 e. The van der Waals surface area contributed by atoms with Gasteiger partial charge in [0.2, 0.25) is 0 Å². The first-order valence-electron chi connectivity index (χ1n) is 6.06. The van der Waals surface area contributed by atoms with Gasteiger partial charge in [0.1, 0.15) is 5.01 Å². The molecular formula is C14H14ClNO2S. The topological polar surface area (TPSA) is 50.2 Å². The number of thiazole rings is 1. The van der Waals surface area contributed by atoms with Crippen molar-refractivity contribution >= 4 is 28.9 Å². The second-order valence-electron chi connectivity index (χ2n) is 4.22. The molecule has 1 heterocycles. The highest BCUT2D eigenvalue weighted by molar-refractivity contribution is 7.15. The van der Waals surface area contributed by atoms with Gasteiger partial charge in [-0.1, -0.05) is 37.1 Å². The molecule has 0 unspecified atom stereocenters. The quantitative estimate of drug-likeness (QED) is 0.905. The standard InChI is InChI=1S/C14H14ClNO2S/c1-2-3-11-12(8-13(17)18)19-14(16-11)9-4-6-10(15)7-5-9/h4-7H,2-3,8H2,1H3,(H,17,18). The molecule has 2 aromatic rings. The van der Waals surface area contributed by atoms with Crippen LogP contribution in [0.2, 0.25) is 5.02 Å². The summed E-state index contributed by atoms with van der Waals surface area (Å²) in [5, 5.41) is 10.5. The number of carbonyl (C=O) groups is 1. The molecule has 0 saturated heterocycles. The molecular weight excluding hydrogens is 282 g/mol. The molecule has 0 atom stereocenters. The Morgan fingerprint density at radius 2 is 2.05 bits per heavy atom. The average Bonchev–Trinajstić information content (AvgIpc) is 2.73. The summed E-state index contributed by atoms with van der Waals surface area (Å²) in [6.07, 6.45) is 1.81. The van der Waals surface area contributed by atoms with Crippen LogP contribution in [-0.2, 0) is 17.6 Å². The number of carboxylic acids is 1. The van der Waals surface area contributed by atoms with Gasteiger partial charge in [-0.15, -0.1) is 11.3 Å². The second kappa shape index (κ2) is 6.17. The van der Waals surface area contributed by atoms with Gasteiger partial charge in [-0.2, -0.15) is 0 Å². The fourth-order valence-corrected chi connectivity index (χ4v) is 3.04. The number of aromatic nitrogens is 1. The highest BCUT2D eigenvalue weighted by Gasteiger charge is 2.14. The molecule has 0 amide bonds. The van der Waals surface area contributed by atoms with E-state index in [1.54, 1.807) is 0 Å². The number of halogens is 1. The van der Waals surface area contributed by atoms with E-state index in [-0.39, 0.29) is 6.42 Å². The van der Waals surface area contributed by atoms with E-state index in [0.29, 0.717) is 5.02 Å². The summed E-state index contributed by atoms with van der Waals surface area (Å²) in [6.45, 7) is 2.06. The van der Waals surface area contributed by atoms with Crippen LogP contribution in [0.5, 0.6) is 0 Å². The fourth-order valence-electron chi connectivity index (χ4n) is 1.81. The van der Waals surface area contributed by atoms with Crippen LogP contribution in [0.25, 0.3) is 10.6 Å². The Labute approximate surface area is 120 Å². The Bertz CT molecular complexity index is 578. The van der Waals surface area contributed by atoms with Crippen LogP contribution < -0.4 is 0 Å². The molecule has 2 rings (SSSR count). The Morgan fingerprint density at radius 3 is 2.63 bits per heavy atom. The average molecular weight is 296 g/mol. The molecule has 3 nitrogen and oxygen atoms in total. The van der Waals surface area contributed by atoms with Crippen LogP contribution in [0.4, 0.5) is 0 Å². The van der Waals surface area contributed by atoms with Crippen LogP contribution in [0.15, 0.2) is 24.3 Å². The lowest BCUT2D eigenvalue weighted by atomic mass is 10.2. The van der Waals surface area contributed by atoms with Crippen molar-refractivity contribution in [3.05, 3.63) is 39.9 Å². The molecule has 19 heavy (non-hydrogen) atoms. The highest BCUT2D eigenvalue weighted by atomic mass is 35.5. The number of aryl methyl sites for hydroxylation is 1. The van der Waals surface area contributed by atoms with Gasteiger partial charge >= 0.3 is 5.97 Å². The zero-order valence-electron chi connectivity index (χ0n) is 10.5. The van der Waals surface area contributed by atoms with Gasteiger partial charge in [-0.25, -0.2) is 4.98 Å². The Balaban J connectivity index is 2.35. The summed E-state index contributed by atoms with van der Waals surface area (Å²) < 4.78 is 0. The smallest absolute Gasteiger partial charge is 0.308 e. The monoisotopic (exact) mass is 295 g/mol. The minimum atomic E-state index is -0.816. The molecule has 0 radical (unpaired) electrons. The first-order chi connectivity index (χ1) is 9.10. The third-order valence-corrected chi connectivity index (χ3v) is 4.07. The predicted molar refractivity (Wildman–Crippen MR) is 77.9 cm³/mol. The van der Waals surface area contributed by atoms with E-state index in [1.165, 1.54) is 11.3 Å². The van der Waals surface area contributed by atoms with Gasteiger partial charge < -0.3 is 5.11 Å². The molecule has 0 spiro atoms. The fraction of sp³-hybridized carbons (Fsp3) is 0.286. The van der Waals surface area contributed by atoms with Crippen molar-refractivity contribution in [3.8, 4) is 10.6 Å². The first kappa shape index (κ1) is 14.0. The highest BCUT2D eigenvalue weighted by Crippen LogP contribution is 2.30. The lowest BCUT2D eigenvalue weighted by molar-refractivity contribution is -0.136. The van der Waals surface area contributed by atoms with Gasteiger partial charge in [0, 0.05) is 15.5 Å². The molecule has 0 aliphatic heterocycles. The third kappa shape index (κ3) is 3.55. The van der Waals surface area contributed by atoms with Crippen molar-refractivity contribution in [2.45, 2.75) is 26.2 Å². The lowest BCUT2D eigenvalue weighted by Crippen LogP contribution is -2.01. The van der Waals surface area contributed by atoms with Gasteiger partial charge in [-0.3, -0.25) is 4.79 Å². The molecule has 0 aliphatic rings. The maximum Gasteiger partial charge on any atom is 0.308 e. The number of carboxylic acid groups (broad SMARTS) is 1. The molecule has 1 aromatic heterocycles. The molecule has 0 aliphatic carbocycles. The first-order valence-corrected chi connectivity index (χ1v) is 7.26. The number of hydrogen-bond donors (Lipinski definition) is 1. The summed E-state index contributed by atoms with van der Waals surface area (Å²) in [4.78, 5) is 16.3. The van der Waals surface area contributed by atoms with Crippen LogP contribution in [-0.4, -0.2) is 16.1 Å². The molecule has 1 aromatic carbocycles. The van der Waals surface area contributed by atoms with E-state index >= 15 is 0 Å². The lowest BCUT2D eigenvalue weighted by Gasteiger charge is -1.96. The van der Waals surface area contributed by atoms with Crippen LogP contribution in [0, 0.1) is 0 Å². The van der Waals surface area contributed by atoms with Crippen LogP contribution in [0.3, 0.4) is 0 Å². The van der Waals surface area contributed by atoms with Gasteiger partial charge in [0.25, 0.3) is 0 Å². The number of rotatable bonds is 5. The minimum absolute atomic E-state index is 0.0423. The Morgan fingerprint density at radius 1 is 1.37 bits per heavy atom. The normalized spacial score (nSPS) is 10.6. The number of hydrogen-bond acceptors (Lipinski definition) is 3. The molecule has 0 bridgehead atoms. The van der Waals surface area contributed by atoms with Crippen molar-refractivity contribution in [1.82, 2.24) is 4.98 Å². The van der Waals surface area contributed by atoms with Crippen molar-refractivity contribution < 1.29 is 9.90 Å². The molecule has 5 heteroatoms. The summed E-state index contributed by atoms with van der Waals surface area (Å²) in [6, 6.07) is 7.44. The van der Waals surface area contributed by atoms with E-state index in [1.807, 2.05) is 24.3 Å². The summed E-state index contributed by atoms with van der Waals surface area (Å²) >= 11 is 7.31. The van der Waals surface area contributed by atoms with E-state index in [4.69, 9.17) is 16.7 Å². The largest absolute Gasteiger partial charge is 0.481 e. The van der Waals surface area contributed by atoms with Gasteiger partial charge in [-0.05, 0) is 18.6 Å². The van der Waals surface area contributed by atoms with E-state index < -0.39 is 5.97 Å². The number of aliphatic carboxylic acids is 1. The van der Waals surface area contributed by atoms with Crippen LogP contribution in [0.1, 0.15) is 23.9 Å². The molecule has 0 saturated carbocycles. The van der Waals surface area contributed by atoms with E-state index in [9.17, 15) is 4.79 Å². The summed E-state index contributed by atoms with van der Waals surface area (Å²) in [5.41, 5.74) is 1.88. The molecule has 1 N–H and O–H groups in total. The molecule has 100 valence electrons. The van der Waals surface area contributed by atoms with Crippen molar-refractivity contribution in [1.29, 1.82) is 0 Å². The van der Waals surface area contributed by atoms with Crippen molar-refractivity contribution in [3.63, 3.8) is 0 Å². The molecule has 0 fully saturated rings. The second-order valence-corrected chi connectivity index (χ2v) is 5.74. The predicted octanol–water partition coefficient (Wildman–Crippen LogP) is 4.04. The van der Waals surface area contributed by atoms with Gasteiger partial charge in [0.15, 0.2) is 0 Å². The zero-order valence-corrected chi connectivity index (χ0v) is 12.1. The van der Waals surface area contributed by atoms with Gasteiger partial charge in [0.05, 0.1) is 12.1 Å². The van der Waals surface area contributed by atoms with Crippen molar-refractivity contribution in [2.75, 3.05) is 0 Å². The zero-order chi connectivity index (χ0) is 13.8. The maximum absolute atomic E-state index is 10.9. The van der Waals surface area contributed by atoms with Crippen LogP contribution >= 0.6 is 22.9 Å². The Kier molecular flexibility index (Phi) is 4.56. The van der Waals surface area contributed by atoms with E-state index in [2.05, 4.69) is 11.9 Å². The summed E-state index contributed by atoms with van der Waals surface area (Å²) in [7, 11) is 0.